The maximum absolute atomic E-state index is 5.84. The van der Waals surface area contributed by atoms with E-state index in [-0.39, 0.29) is 5.54 Å². The van der Waals surface area contributed by atoms with Crippen molar-refractivity contribution in [1.29, 1.82) is 0 Å². The van der Waals surface area contributed by atoms with Crippen molar-refractivity contribution in [3.8, 4) is 5.75 Å². The van der Waals surface area contributed by atoms with Crippen molar-refractivity contribution in [2.24, 2.45) is 4.99 Å². The van der Waals surface area contributed by atoms with E-state index in [9.17, 15) is 0 Å². The van der Waals surface area contributed by atoms with Crippen molar-refractivity contribution in [3.63, 3.8) is 0 Å². The van der Waals surface area contributed by atoms with E-state index in [2.05, 4.69) is 60.5 Å². The minimum Gasteiger partial charge on any atom is -0.489 e. The van der Waals surface area contributed by atoms with Crippen LogP contribution in [0.5, 0.6) is 5.75 Å². The topological polar surface area (TPSA) is 21.6 Å². The Kier molecular flexibility index (Phi) is 6.05. The van der Waals surface area contributed by atoms with Gasteiger partial charge in [-0.2, -0.15) is 0 Å². The molecule has 1 aliphatic heterocycles. The Labute approximate surface area is 151 Å². The van der Waals surface area contributed by atoms with Gasteiger partial charge in [0.15, 0.2) is 0 Å². The number of ether oxygens (including phenoxy) is 1. The van der Waals surface area contributed by atoms with Crippen molar-refractivity contribution in [1.82, 2.24) is 0 Å². The summed E-state index contributed by atoms with van der Waals surface area (Å²) in [6.07, 6.45) is 12.0. The zero-order chi connectivity index (χ0) is 17.4. The maximum Gasteiger partial charge on any atom is 0.119 e. The SMILES string of the molecule is CCC1(CCCCc2ccc(OCc3ccccc3)cc2)C=CC=N1. The van der Waals surface area contributed by atoms with E-state index < -0.39 is 0 Å². The zero-order valence-electron chi connectivity index (χ0n) is 15.0. The van der Waals surface area contributed by atoms with E-state index in [1.54, 1.807) is 0 Å². The van der Waals surface area contributed by atoms with Crippen LogP contribution >= 0.6 is 0 Å². The monoisotopic (exact) mass is 333 g/mol. The fourth-order valence-corrected chi connectivity index (χ4v) is 3.24. The van der Waals surface area contributed by atoms with Gasteiger partial charge < -0.3 is 4.74 Å². The summed E-state index contributed by atoms with van der Waals surface area (Å²) < 4.78 is 5.84. The Morgan fingerprint density at radius 2 is 1.72 bits per heavy atom. The number of aryl methyl sites for hydroxylation is 1. The van der Waals surface area contributed by atoms with Crippen molar-refractivity contribution < 1.29 is 4.74 Å². The largest absolute Gasteiger partial charge is 0.489 e. The molecule has 2 aromatic rings. The van der Waals surface area contributed by atoms with Crippen molar-refractivity contribution >= 4 is 6.21 Å². The second-order valence-electron chi connectivity index (χ2n) is 6.72. The molecule has 0 N–H and O–H groups in total. The summed E-state index contributed by atoms with van der Waals surface area (Å²) in [5, 5.41) is 0. The second-order valence-corrected chi connectivity index (χ2v) is 6.72. The summed E-state index contributed by atoms with van der Waals surface area (Å²) in [6, 6.07) is 18.8. The summed E-state index contributed by atoms with van der Waals surface area (Å²) in [6.45, 7) is 2.84. The molecule has 0 aromatic heterocycles. The third-order valence-electron chi connectivity index (χ3n) is 4.93. The van der Waals surface area contributed by atoms with Crippen molar-refractivity contribution in [2.75, 3.05) is 0 Å². The summed E-state index contributed by atoms with van der Waals surface area (Å²) in [4.78, 5) is 4.63. The van der Waals surface area contributed by atoms with Crippen LogP contribution in [0.2, 0.25) is 0 Å². The molecule has 1 aliphatic rings. The molecule has 1 unspecified atom stereocenters. The highest BCUT2D eigenvalue weighted by Gasteiger charge is 2.24. The fourth-order valence-electron chi connectivity index (χ4n) is 3.24. The fraction of sp³-hybridized carbons (Fsp3) is 0.348. The molecular formula is C23H27NO. The van der Waals surface area contributed by atoms with E-state index >= 15 is 0 Å². The molecule has 0 bridgehead atoms. The first-order chi connectivity index (χ1) is 12.3. The number of unbranched alkanes of at least 4 members (excludes halogenated alkanes) is 1. The van der Waals surface area contributed by atoms with E-state index in [0.29, 0.717) is 6.61 Å². The summed E-state index contributed by atoms with van der Waals surface area (Å²) in [5.41, 5.74) is 2.65. The number of hydrogen-bond donors (Lipinski definition) is 0. The predicted molar refractivity (Wildman–Crippen MR) is 105 cm³/mol. The molecule has 0 amide bonds. The Morgan fingerprint density at radius 1 is 0.920 bits per heavy atom. The lowest BCUT2D eigenvalue weighted by atomic mass is 9.90. The molecule has 2 aromatic carbocycles. The van der Waals surface area contributed by atoms with Crippen LogP contribution in [0.4, 0.5) is 0 Å². The van der Waals surface area contributed by atoms with Crippen LogP contribution in [0, 0.1) is 0 Å². The molecular weight excluding hydrogens is 306 g/mol. The first kappa shape index (κ1) is 17.5. The standard InChI is InChI=1S/C23H27NO/c1-2-23(17-8-18-24-23)16-7-6-9-20-12-14-22(15-13-20)25-19-21-10-4-3-5-11-21/h3-5,8,10-15,17-18H,2,6-7,9,16,19H2,1H3. The molecule has 0 spiro atoms. The van der Waals surface area contributed by atoms with Gasteiger partial charge in [0.1, 0.15) is 12.4 Å². The molecule has 1 heterocycles. The summed E-state index contributed by atoms with van der Waals surface area (Å²) >= 11 is 0. The van der Waals surface area contributed by atoms with Gasteiger partial charge in [0.05, 0.1) is 5.54 Å². The first-order valence-corrected chi connectivity index (χ1v) is 9.28. The molecule has 0 saturated carbocycles. The highest BCUT2D eigenvalue weighted by molar-refractivity contribution is 5.75. The third-order valence-corrected chi connectivity index (χ3v) is 4.93. The highest BCUT2D eigenvalue weighted by atomic mass is 16.5. The Hall–Kier alpha value is -2.35. The number of aliphatic imine (C=N–C) groups is 1. The van der Waals surface area contributed by atoms with Crippen LogP contribution in [-0.2, 0) is 13.0 Å². The van der Waals surface area contributed by atoms with Gasteiger partial charge in [-0.3, -0.25) is 4.99 Å². The predicted octanol–water partition coefficient (Wildman–Crippen LogP) is 5.77. The number of hydrogen-bond acceptors (Lipinski definition) is 2. The molecule has 1 atom stereocenters. The highest BCUT2D eigenvalue weighted by Crippen LogP contribution is 2.28. The van der Waals surface area contributed by atoms with Gasteiger partial charge in [-0.15, -0.1) is 0 Å². The van der Waals surface area contributed by atoms with E-state index in [1.807, 2.05) is 24.4 Å². The molecule has 130 valence electrons. The molecule has 3 rings (SSSR count). The molecule has 0 aliphatic carbocycles. The normalized spacial score (nSPS) is 18.6. The average Bonchev–Trinajstić information content (AvgIpc) is 3.15. The Balaban J connectivity index is 1.40. The van der Waals surface area contributed by atoms with E-state index in [1.165, 1.54) is 24.0 Å². The van der Waals surface area contributed by atoms with Crippen molar-refractivity contribution in [2.45, 2.75) is 51.2 Å². The van der Waals surface area contributed by atoms with Gasteiger partial charge in [0.2, 0.25) is 0 Å². The molecule has 0 radical (unpaired) electrons. The summed E-state index contributed by atoms with van der Waals surface area (Å²) in [5.74, 6) is 0.933. The zero-order valence-corrected chi connectivity index (χ0v) is 15.0. The maximum atomic E-state index is 5.84. The Bertz CT molecular complexity index is 689. The smallest absolute Gasteiger partial charge is 0.119 e. The van der Waals surface area contributed by atoms with Crippen LogP contribution in [0.25, 0.3) is 0 Å². The molecule has 2 heteroatoms. The van der Waals surface area contributed by atoms with Gasteiger partial charge in [0, 0.05) is 6.21 Å². The minimum absolute atomic E-state index is 0.0785. The van der Waals surface area contributed by atoms with Crippen LogP contribution in [0.15, 0.2) is 71.7 Å². The van der Waals surface area contributed by atoms with Gasteiger partial charge >= 0.3 is 0 Å². The van der Waals surface area contributed by atoms with E-state index in [4.69, 9.17) is 4.74 Å². The summed E-state index contributed by atoms with van der Waals surface area (Å²) in [7, 11) is 0. The van der Waals surface area contributed by atoms with E-state index in [0.717, 1.165) is 25.0 Å². The van der Waals surface area contributed by atoms with Crippen molar-refractivity contribution in [3.05, 3.63) is 77.9 Å². The van der Waals surface area contributed by atoms with Crippen LogP contribution in [-0.4, -0.2) is 11.8 Å². The molecule has 0 fully saturated rings. The number of benzene rings is 2. The molecule has 0 saturated heterocycles. The third kappa shape index (κ3) is 5.06. The number of nitrogens with zero attached hydrogens (tertiary/aromatic N) is 1. The van der Waals surface area contributed by atoms with Gasteiger partial charge in [-0.1, -0.05) is 61.9 Å². The van der Waals surface area contributed by atoms with Crippen LogP contribution in [0.3, 0.4) is 0 Å². The average molecular weight is 333 g/mol. The number of allylic oxidation sites excluding steroid dienone is 1. The quantitative estimate of drug-likeness (QED) is 0.534. The Morgan fingerprint density at radius 3 is 2.40 bits per heavy atom. The van der Waals surface area contributed by atoms with Crippen LogP contribution in [0.1, 0.15) is 43.7 Å². The lowest BCUT2D eigenvalue weighted by molar-refractivity contribution is 0.306. The lowest BCUT2D eigenvalue weighted by Crippen LogP contribution is -2.20. The molecule has 25 heavy (non-hydrogen) atoms. The number of rotatable bonds is 9. The lowest BCUT2D eigenvalue weighted by Gasteiger charge is -2.22. The van der Waals surface area contributed by atoms with Gasteiger partial charge in [-0.05, 0) is 55.0 Å². The molecule has 2 nitrogen and oxygen atoms in total. The first-order valence-electron chi connectivity index (χ1n) is 9.28. The van der Waals surface area contributed by atoms with Gasteiger partial charge in [0.25, 0.3) is 0 Å². The van der Waals surface area contributed by atoms with Gasteiger partial charge in [-0.25, -0.2) is 0 Å². The van der Waals surface area contributed by atoms with Crippen LogP contribution < -0.4 is 4.74 Å². The second kappa shape index (κ2) is 8.66. The minimum atomic E-state index is 0.0785.